The number of carbonyl (C=O) groups is 1. The van der Waals surface area contributed by atoms with Gasteiger partial charge in [-0.05, 0) is 38.8 Å². The molecular formula is C15H22ClN3O2. The van der Waals surface area contributed by atoms with E-state index in [0.717, 1.165) is 25.9 Å². The van der Waals surface area contributed by atoms with Crippen LogP contribution in [0.3, 0.4) is 0 Å². The predicted molar refractivity (Wildman–Crippen MR) is 82.6 cm³/mol. The Morgan fingerprint density at radius 3 is 2.95 bits per heavy atom. The van der Waals surface area contributed by atoms with Gasteiger partial charge in [-0.3, -0.25) is 14.7 Å². The summed E-state index contributed by atoms with van der Waals surface area (Å²) in [5, 5.41) is 3.38. The molecule has 0 bridgehead atoms. The molecule has 0 spiro atoms. The zero-order valence-electron chi connectivity index (χ0n) is 12.3. The molecule has 1 saturated heterocycles. The van der Waals surface area contributed by atoms with Gasteiger partial charge in [-0.2, -0.15) is 0 Å². The van der Waals surface area contributed by atoms with Crippen molar-refractivity contribution in [3.8, 4) is 5.75 Å². The number of rotatable bonds is 6. The summed E-state index contributed by atoms with van der Waals surface area (Å²) < 4.78 is 5.76. The Kier molecular flexibility index (Phi) is 6.26. The lowest BCUT2D eigenvalue weighted by Crippen LogP contribution is -2.42. The Morgan fingerprint density at radius 1 is 1.52 bits per heavy atom. The van der Waals surface area contributed by atoms with Gasteiger partial charge in [-0.15, -0.1) is 0 Å². The molecule has 1 aliphatic heterocycles. The zero-order chi connectivity index (χ0) is 15.1. The molecule has 1 N–H and O–H groups in total. The van der Waals surface area contributed by atoms with E-state index in [2.05, 4.69) is 15.2 Å². The summed E-state index contributed by atoms with van der Waals surface area (Å²) in [6.07, 6.45) is 5.35. The summed E-state index contributed by atoms with van der Waals surface area (Å²) in [6.45, 7) is 5.67. The van der Waals surface area contributed by atoms with Gasteiger partial charge >= 0.3 is 0 Å². The molecule has 1 aromatic rings. The highest BCUT2D eigenvalue weighted by atomic mass is 35.5. The minimum atomic E-state index is 0.107. The molecule has 2 rings (SSSR count). The number of amides is 1. The Hall–Kier alpha value is -1.33. The third-order valence-electron chi connectivity index (χ3n) is 3.66. The standard InChI is InChI=1S/C15H22ClN3O2/c1-2-18-15(20)10-19-7-4-12(5-8-19)11-21-14-3-6-17-9-13(14)16/h3,6,9,12H,2,4-5,7-8,10-11H2,1H3,(H,18,20). The second kappa shape index (κ2) is 8.20. The molecule has 1 amide bonds. The number of likely N-dealkylation sites (tertiary alicyclic amines) is 1. The highest BCUT2D eigenvalue weighted by Gasteiger charge is 2.21. The van der Waals surface area contributed by atoms with E-state index < -0.39 is 0 Å². The van der Waals surface area contributed by atoms with E-state index in [1.54, 1.807) is 18.5 Å². The fourth-order valence-electron chi connectivity index (χ4n) is 2.45. The van der Waals surface area contributed by atoms with Gasteiger partial charge in [0.05, 0.1) is 13.2 Å². The maximum atomic E-state index is 11.5. The van der Waals surface area contributed by atoms with Crippen LogP contribution in [0.15, 0.2) is 18.5 Å². The first-order valence-electron chi connectivity index (χ1n) is 7.40. The summed E-state index contributed by atoms with van der Waals surface area (Å²) in [7, 11) is 0. The van der Waals surface area contributed by atoms with Crippen LogP contribution in [0.4, 0.5) is 0 Å². The molecule has 0 unspecified atom stereocenters. The minimum absolute atomic E-state index is 0.107. The molecule has 6 heteroatoms. The Balaban J connectivity index is 1.70. The zero-order valence-corrected chi connectivity index (χ0v) is 13.1. The molecular weight excluding hydrogens is 290 g/mol. The van der Waals surface area contributed by atoms with Crippen LogP contribution in [0, 0.1) is 5.92 Å². The van der Waals surface area contributed by atoms with Crippen molar-refractivity contribution in [2.45, 2.75) is 19.8 Å². The lowest BCUT2D eigenvalue weighted by Gasteiger charge is -2.31. The molecule has 5 nitrogen and oxygen atoms in total. The number of likely N-dealkylation sites (N-methyl/N-ethyl adjacent to an activating group) is 1. The van der Waals surface area contributed by atoms with Gasteiger partial charge < -0.3 is 10.1 Å². The Bertz CT molecular complexity index is 462. The summed E-state index contributed by atoms with van der Waals surface area (Å²) in [5.41, 5.74) is 0. The normalized spacial score (nSPS) is 16.7. The first-order valence-corrected chi connectivity index (χ1v) is 7.78. The van der Waals surface area contributed by atoms with Crippen LogP contribution < -0.4 is 10.1 Å². The van der Waals surface area contributed by atoms with Crippen LogP contribution in [0.2, 0.25) is 5.02 Å². The maximum absolute atomic E-state index is 11.5. The number of aromatic nitrogens is 1. The second-order valence-corrected chi connectivity index (χ2v) is 5.70. The highest BCUT2D eigenvalue weighted by Crippen LogP contribution is 2.24. The summed E-state index contributed by atoms with van der Waals surface area (Å²) in [6, 6.07) is 1.78. The van der Waals surface area contributed by atoms with E-state index in [1.165, 1.54) is 0 Å². The summed E-state index contributed by atoms with van der Waals surface area (Å²) >= 11 is 6.01. The van der Waals surface area contributed by atoms with E-state index in [4.69, 9.17) is 16.3 Å². The third kappa shape index (κ3) is 5.17. The van der Waals surface area contributed by atoms with Gasteiger partial charge in [0, 0.05) is 25.0 Å². The van der Waals surface area contributed by atoms with Gasteiger partial charge in [-0.25, -0.2) is 0 Å². The number of halogens is 1. The van der Waals surface area contributed by atoms with Crippen molar-refractivity contribution < 1.29 is 9.53 Å². The van der Waals surface area contributed by atoms with Crippen molar-refractivity contribution in [2.75, 3.05) is 32.8 Å². The molecule has 1 fully saturated rings. The van der Waals surface area contributed by atoms with Crippen LogP contribution in [0.25, 0.3) is 0 Å². The van der Waals surface area contributed by atoms with Crippen LogP contribution >= 0.6 is 11.6 Å². The topological polar surface area (TPSA) is 54.5 Å². The largest absolute Gasteiger partial charge is 0.492 e. The van der Waals surface area contributed by atoms with E-state index in [9.17, 15) is 4.79 Å². The van der Waals surface area contributed by atoms with Crippen molar-refractivity contribution >= 4 is 17.5 Å². The minimum Gasteiger partial charge on any atom is -0.492 e. The third-order valence-corrected chi connectivity index (χ3v) is 3.94. The van der Waals surface area contributed by atoms with Gasteiger partial charge in [0.1, 0.15) is 10.8 Å². The molecule has 116 valence electrons. The Labute approximate surface area is 130 Å². The van der Waals surface area contributed by atoms with Crippen molar-refractivity contribution in [3.05, 3.63) is 23.5 Å². The average Bonchev–Trinajstić information content (AvgIpc) is 2.48. The quantitative estimate of drug-likeness (QED) is 0.872. The predicted octanol–water partition coefficient (Wildman–Crippen LogP) is 1.96. The first-order chi connectivity index (χ1) is 10.2. The van der Waals surface area contributed by atoms with Crippen molar-refractivity contribution in [1.82, 2.24) is 15.2 Å². The number of nitrogens with one attached hydrogen (secondary N) is 1. The van der Waals surface area contributed by atoms with Crippen LogP contribution in [0.1, 0.15) is 19.8 Å². The fourth-order valence-corrected chi connectivity index (χ4v) is 2.63. The summed E-state index contributed by atoms with van der Waals surface area (Å²) in [4.78, 5) is 17.7. The van der Waals surface area contributed by atoms with Crippen molar-refractivity contribution in [3.63, 3.8) is 0 Å². The van der Waals surface area contributed by atoms with E-state index in [0.29, 0.717) is 36.4 Å². The Morgan fingerprint density at radius 2 is 2.29 bits per heavy atom. The summed E-state index contributed by atoms with van der Waals surface area (Å²) in [5.74, 6) is 1.31. The number of pyridine rings is 1. The lowest BCUT2D eigenvalue weighted by atomic mass is 9.98. The van der Waals surface area contributed by atoms with Gasteiger partial charge in [0.2, 0.25) is 5.91 Å². The van der Waals surface area contributed by atoms with Gasteiger partial charge in [0.15, 0.2) is 0 Å². The number of hydrogen-bond donors (Lipinski definition) is 1. The first kappa shape index (κ1) is 16.0. The van der Waals surface area contributed by atoms with Crippen LogP contribution in [0.5, 0.6) is 5.75 Å². The molecule has 0 saturated carbocycles. The van der Waals surface area contributed by atoms with Gasteiger partial charge in [-0.1, -0.05) is 11.6 Å². The van der Waals surface area contributed by atoms with Crippen molar-refractivity contribution in [1.29, 1.82) is 0 Å². The molecule has 2 heterocycles. The monoisotopic (exact) mass is 311 g/mol. The van der Waals surface area contributed by atoms with Crippen molar-refractivity contribution in [2.24, 2.45) is 5.92 Å². The molecule has 0 radical (unpaired) electrons. The molecule has 0 aliphatic carbocycles. The average molecular weight is 312 g/mol. The SMILES string of the molecule is CCNC(=O)CN1CCC(COc2ccncc2Cl)CC1. The smallest absolute Gasteiger partial charge is 0.234 e. The maximum Gasteiger partial charge on any atom is 0.234 e. The van der Waals surface area contributed by atoms with Crippen LogP contribution in [-0.4, -0.2) is 48.6 Å². The van der Waals surface area contributed by atoms with E-state index in [1.807, 2.05) is 6.92 Å². The number of hydrogen-bond acceptors (Lipinski definition) is 4. The van der Waals surface area contributed by atoms with Crippen LogP contribution in [-0.2, 0) is 4.79 Å². The second-order valence-electron chi connectivity index (χ2n) is 5.29. The lowest BCUT2D eigenvalue weighted by molar-refractivity contribution is -0.122. The fraction of sp³-hybridized carbons (Fsp3) is 0.600. The van der Waals surface area contributed by atoms with E-state index >= 15 is 0 Å². The molecule has 0 aromatic carbocycles. The van der Waals surface area contributed by atoms with Gasteiger partial charge in [0.25, 0.3) is 0 Å². The van der Waals surface area contributed by atoms with E-state index in [-0.39, 0.29) is 5.91 Å². The number of carbonyl (C=O) groups excluding carboxylic acids is 1. The molecule has 0 atom stereocenters. The molecule has 21 heavy (non-hydrogen) atoms. The molecule has 1 aliphatic rings. The highest BCUT2D eigenvalue weighted by molar-refractivity contribution is 6.31. The molecule has 1 aromatic heterocycles. The number of nitrogens with zero attached hydrogens (tertiary/aromatic N) is 2. The number of ether oxygens (including phenoxy) is 1. The number of piperidine rings is 1.